The fraction of sp³-hybridized carbons (Fsp3) is 0.438. The van der Waals surface area contributed by atoms with Crippen LogP contribution in [-0.4, -0.2) is 30.4 Å². The SMILES string of the molecule is COC(=O)c1ccc2c(C)cn(CC3CCCO3)c2c1. The fourth-order valence-corrected chi connectivity index (χ4v) is 2.88. The lowest BCUT2D eigenvalue weighted by molar-refractivity contribution is 0.0601. The Kier molecular flexibility index (Phi) is 3.49. The van der Waals surface area contributed by atoms with E-state index < -0.39 is 0 Å². The molecule has 1 aliphatic rings. The van der Waals surface area contributed by atoms with Crippen molar-refractivity contribution in [2.45, 2.75) is 32.4 Å². The van der Waals surface area contributed by atoms with Gasteiger partial charge in [-0.05, 0) is 37.5 Å². The number of fused-ring (bicyclic) bond motifs is 1. The Labute approximate surface area is 118 Å². The first kappa shape index (κ1) is 13.2. The summed E-state index contributed by atoms with van der Waals surface area (Å²) >= 11 is 0. The number of rotatable bonds is 3. The first-order valence-electron chi connectivity index (χ1n) is 6.98. The number of benzene rings is 1. The molecule has 20 heavy (non-hydrogen) atoms. The lowest BCUT2D eigenvalue weighted by Gasteiger charge is -2.12. The largest absolute Gasteiger partial charge is 0.465 e. The third-order valence-electron chi connectivity index (χ3n) is 3.93. The van der Waals surface area contributed by atoms with Gasteiger partial charge in [-0.25, -0.2) is 4.79 Å². The van der Waals surface area contributed by atoms with Crippen LogP contribution in [0.25, 0.3) is 10.9 Å². The van der Waals surface area contributed by atoms with Gasteiger partial charge in [0.25, 0.3) is 0 Å². The molecule has 0 radical (unpaired) electrons. The topological polar surface area (TPSA) is 40.5 Å². The molecule has 4 nitrogen and oxygen atoms in total. The summed E-state index contributed by atoms with van der Waals surface area (Å²) in [6.07, 6.45) is 4.66. The number of methoxy groups -OCH3 is 1. The van der Waals surface area contributed by atoms with Crippen LogP contribution in [0.15, 0.2) is 24.4 Å². The highest BCUT2D eigenvalue weighted by Gasteiger charge is 2.18. The molecular formula is C16H19NO3. The van der Waals surface area contributed by atoms with E-state index in [9.17, 15) is 4.79 Å². The highest BCUT2D eigenvalue weighted by atomic mass is 16.5. The van der Waals surface area contributed by atoms with Gasteiger partial charge in [0.1, 0.15) is 0 Å². The van der Waals surface area contributed by atoms with Crippen LogP contribution in [0.3, 0.4) is 0 Å². The molecule has 3 rings (SSSR count). The Balaban J connectivity index is 1.99. The van der Waals surface area contributed by atoms with Gasteiger partial charge in [0.15, 0.2) is 0 Å². The van der Waals surface area contributed by atoms with Crippen LogP contribution in [0.2, 0.25) is 0 Å². The fourth-order valence-electron chi connectivity index (χ4n) is 2.88. The van der Waals surface area contributed by atoms with Crippen LogP contribution in [0.1, 0.15) is 28.8 Å². The van der Waals surface area contributed by atoms with Crippen LogP contribution in [0.4, 0.5) is 0 Å². The highest BCUT2D eigenvalue weighted by molar-refractivity contribution is 5.95. The Morgan fingerprint density at radius 3 is 3.05 bits per heavy atom. The zero-order chi connectivity index (χ0) is 14.1. The van der Waals surface area contributed by atoms with Crippen LogP contribution in [0, 0.1) is 6.92 Å². The van der Waals surface area contributed by atoms with Crippen LogP contribution < -0.4 is 0 Å². The number of carbonyl (C=O) groups is 1. The Morgan fingerprint density at radius 2 is 2.35 bits per heavy atom. The molecule has 2 aromatic rings. The minimum atomic E-state index is -0.297. The van der Waals surface area contributed by atoms with E-state index in [2.05, 4.69) is 17.7 Å². The number of nitrogens with zero attached hydrogens (tertiary/aromatic N) is 1. The number of carbonyl (C=O) groups excluding carboxylic acids is 1. The van der Waals surface area contributed by atoms with E-state index in [1.54, 1.807) is 0 Å². The van der Waals surface area contributed by atoms with Crippen molar-refractivity contribution < 1.29 is 14.3 Å². The second-order valence-corrected chi connectivity index (χ2v) is 5.32. The summed E-state index contributed by atoms with van der Waals surface area (Å²) in [5.41, 5.74) is 2.88. The first-order chi connectivity index (χ1) is 9.69. The van der Waals surface area contributed by atoms with Crippen LogP contribution >= 0.6 is 0 Å². The van der Waals surface area contributed by atoms with E-state index in [1.165, 1.54) is 18.1 Å². The minimum absolute atomic E-state index is 0.284. The zero-order valence-electron chi connectivity index (χ0n) is 11.9. The van der Waals surface area contributed by atoms with Gasteiger partial charge >= 0.3 is 5.97 Å². The average Bonchev–Trinajstić information content (AvgIpc) is 3.07. The van der Waals surface area contributed by atoms with Gasteiger partial charge in [-0.3, -0.25) is 0 Å². The summed E-state index contributed by atoms with van der Waals surface area (Å²) in [4.78, 5) is 11.7. The van der Waals surface area contributed by atoms with Crippen molar-refractivity contribution in [1.29, 1.82) is 0 Å². The van der Waals surface area contributed by atoms with E-state index in [-0.39, 0.29) is 12.1 Å². The molecule has 1 atom stereocenters. The van der Waals surface area contributed by atoms with Crippen molar-refractivity contribution in [3.8, 4) is 0 Å². The highest BCUT2D eigenvalue weighted by Crippen LogP contribution is 2.24. The van der Waals surface area contributed by atoms with E-state index in [0.717, 1.165) is 31.5 Å². The predicted octanol–water partition coefficient (Wildman–Crippen LogP) is 2.92. The standard InChI is InChI=1S/C16H19NO3/c1-11-9-17(10-13-4-3-7-20-13)15-8-12(16(18)19-2)5-6-14(11)15/h5-6,8-9,13H,3-4,7,10H2,1-2H3. The smallest absolute Gasteiger partial charge is 0.337 e. The second kappa shape index (κ2) is 5.29. The molecule has 4 heteroatoms. The molecule has 1 aliphatic heterocycles. The Bertz CT molecular complexity index is 638. The summed E-state index contributed by atoms with van der Waals surface area (Å²) in [5.74, 6) is -0.297. The summed E-state index contributed by atoms with van der Waals surface area (Å²) in [6.45, 7) is 3.79. The maximum Gasteiger partial charge on any atom is 0.337 e. The number of aromatic nitrogens is 1. The predicted molar refractivity (Wildman–Crippen MR) is 77.0 cm³/mol. The Morgan fingerprint density at radius 1 is 1.50 bits per heavy atom. The molecule has 1 saturated heterocycles. The van der Waals surface area contributed by atoms with Gasteiger partial charge < -0.3 is 14.0 Å². The maximum atomic E-state index is 11.7. The number of hydrogen-bond donors (Lipinski definition) is 0. The number of esters is 1. The van der Waals surface area contributed by atoms with Gasteiger partial charge in [-0.2, -0.15) is 0 Å². The molecule has 2 heterocycles. The second-order valence-electron chi connectivity index (χ2n) is 5.32. The van der Waals surface area contributed by atoms with Gasteiger partial charge in [-0.15, -0.1) is 0 Å². The molecule has 0 bridgehead atoms. The third kappa shape index (κ3) is 2.31. The molecule has 1 aromatic heterocycles. The minimum Gasteiger partial charge on any atom is -0.465 e. The van der Waals surface area contributed by atoms with E-state index in [1.807, 2.05) is 18.2 Å². The summed E-state index contributed by atoms with van der Waals surface area (Å²) in [5, 5.41) is 1.18. The van der Waals surface area contributed by atoms with Crippen LogP contribution in [-0.2, 0) is 16.0 Å². The summed E-state index contributed by atoms with van der Waals surface area (Å²) in [7, 11) is 1.41. The average molecular weight is 273 g/mol. The van der Waals surface area contributed by atoms with E-state index >= 15 is 0 Å². The molecule has 1 fully saturated rings. The van der Waals surface area contributed by atoms with Gasteiger partial charge in [0.05, 0.1) is 18.8 Å². The van der Waals surface area contributed by atoms with Crippen molar-refractivity contribution in [2.75, 3.05) is 13.7 Å². The number of ether oxygens (including phenoxy) is 2. The molecule has 0 aliphatic carbocycles. The van der Waals surface area contributed by atoms with Crippen molar-refractivity contribution in [1.82, 2.24) is 4.57 Å². The summed E-state index contributed by atoms with van der Waals surface area (Å²) in [6, 6.07) is 5.71. The monoisotopic (exact) mass is 273 g/mol. The molecule has 106 valence electrons. The molecular weight excluding hydrogens is 254 g/mol. The molecule has 1 unspecified atom stereocenters. The first-order valence-corrected chi connectivity index (χ1v) is 6.98. The molecule has 1 aromatic carbocycles. The molecule has 0 saturated carbocycles. The number of hydrogen-bond acceptors (Lipinski definition) is 3. The van der Waals surface area contributed by atoms with Crippen molar-refractivity contribution in [3.63, 3.8) is 0 Å². The lowest BCUT2D eigenvalue weighted by atomic mass is 10.1. The zero-order valence-corrected chi connectivity index (χ0v) is 11.9. The number of aryl methyl sites for hydroxylation is 1. The van der Waals surface area contributed by atoms with Gasteiger partial charge in [-0.1, -0.05) is 6.07 Å². The van der Waals surface area contributed by atoms with E-state index in [4.69, 9.17) is 9.47 Å². The van der Waals surface area contributed by atoms with Crippen LogP contribution in [0.5, 0.6) is 0 Å². The van der Waals surface area contributed by atoms with Crippen molar-refractivity contribution in [3.05, 3.63) is 35.5 Å². The maximum absolute atomic E-state index is 11.7. The molecule has 0 amide bonds. The molecule has 0 N–H and O–H groups in total. The van der Waals surface area contributed by atoms with Crippen molar-refractivity contribution in [2.24, 2.45) is 0 Å². The van der Waals surface area contributed by atoms with Crippen molar-refractivity contribution >= 4 is 16.9 Å². The third-order valence-corrected chi connectivity index (χ3v) is 3.93. The van der Waals surface area contributed by atoms with Gasteiger partial charge in [0, 0.05) is 30.3 Å². The Hall–Kier alpha value is -1.81. The van der Waals surface area contributed by atoms with Gasteiger partial charge in [0.2, 0.25) is 0 Å². The van der Waals surface area contributed by atoms with E-state index in [0.29, 0.717) is 5.56 Å². The quantitative estimate of drug-likeness (QED) is 0.807. The normalized spacial score (nSPS) is 18.6. The molecule has 0 spiro atoms. The lowest BCUT2D eigenvalue weighted by Crippen LogP contribution is -2.14. The summed E-state index contributed by atoms with van der Waals surface area (Å²) < 4.78 is 12.7.